The molecule has 0 aromatic heterocycles. The van der Waals surface area contributed by atoms with Crippen molar-refractivity contribution in [2.24, 2.45) is 0 Å². The van der Waals surface area contributed by atoms with Gasteiger partial charge in [-0.15, -0.1) is 0 Å². The van der Waals surface area contributed by atoms with Gasteiger partial charge in [-0.05, 0) is 36.5 Å². The van der Waals surface area contributed by atoms with Crippen LogP contribution < -0.4 is 5.73 Å². The van der Waals surface area contributed by atoms with E-state index in [-0.39, 0.29) is 5.69 Å². The number of anilines is 1. The van der Waals surface area contributed by atoms with Crippen molar-refractivity contribution in [2.75, 3.05) is 5.73 Å². The van der Waals surface area contributed by atoms with Gasteiger partial charge < -0.3 is 5.73 Å². The fourth-order valence-corrected chi connectivity index (χ4v) is 1.94. The van der Waals surface area contributed by atoms with Gasteiger partial charge in [-0.1, -0.05) is 6.07 Å². The summed E-state index contributed by atoms with van der Waals surface area (Å²) < 4.78 is 37.3. The largest absolute Gasteiger partial charge is 0.418 e. The highest BCUT2D eigenvalue weighted by atomic mass is 19.4. The number of hydrogen-bond donors (Lipinski definition) is 1. The molecule has 0 radical (unpaired) electrons. The monoisotopic (exact) mass is 201 g/mol. The van der Waals surface area contributed by atoms with Gasteiger partial charge in [0.1, 0.15) is 0 Å². The molecule has 1 aliphatic carbocycles. The summed E-state index contributed by atoms with van der Waals surface area (Å²) in [7, 11) is 0. The van der Waals surface area contributed by atoms with E-state index in [0.717, 1.165) is 24.5 Å². The van der Waals surface area contributed by atoms with E-state index in [9.17, 15) is 13.2 Å². The Hall–Kier alpha value is -1.19. The Morgan fingerprint density at radius 1 is 1.14 bits per heavy atom. The van der Waals surface area contributed by atoms with Crippen molar-refractivity contribution in [1.29, 1.82) is 0 Å². The Bertz CT molecular complexity index is 368. The van der Waals surface area contributed by atoms with Crippen molar-refractivity contribution in [2.45, 2.75) is 25.4 Å². The number of fused-ring (bicyclic) bond motifs is 1. The van der Waals surface area contributed by atoms with Gasteiger partial charge in [-0.3, -0.25) is 0 Å². The average molecular weight is 201 g/mol. The lowest BCUT2D eigenvalue weighted by molar-refractivity contribution is -0.136. The molecule has 0 saturated carbocycles. The minimum Gasteiger partial charge on any atom is -0.398 e. The third-order valence-corrected chi connectivity index (χ3v) is 2.63. The maximum absolute atomic E-state index is 12.4. The number of benzene rings is 1. The maximum atomic E-state index is 12.4. The van der Waals surface area contributed by atoms with Crippen LogP contribution in [0, 0.1) is 0 Å². The first kappa shape index (κ1) is 9.37. The van der Waals surface area contributed by atoms with Crippen LogP contribution >= 0.6 is 0 Å². The molecule has 0 amide bonds. The molecule has 76 valence electrons. The summed E-state index contributed by atoms with van der Waals surface area (Å²) in [4.78, 5) is 0. The highest BCUT2D eigenvalue weighted by molar-refractivity contribution is 5.59. The second kappa shape index (κ2) is 2.90. The Morgan fingerprint density at radius 3 is 2.50 bits per heavy atom. The molecule has 4 heteroatoms. The Morgan fingerprint density at radius 2 is 1.86 bits per heavy atom. The third kappa shape index (κ3) is 1.35. The smallest absolute Gasteiger partial charge is 0.398 e. The van der Waals surface area contributed by atoms with E-state index in [4.69, 9.17) is 5.73 Å². The number of halogens is 3. The van der Waals surface area contributed by atoms with Crippen LogP contribution in [0.1, 0.15) is 23.1 Å². The second-order valence-corrected chi connectivity index (χ2v) is 3.52. The van der Waals surface area contributed by atoms with Gasteiger partial charge in [-0.25, -0.2) is 0 Å². The molecule has 0 saturated heterocycles. The molecule has 1 aromatic rings. The summed E-state index contributed by atoms with van der Waals surface area (Å²) in [6, 6.07) is 2.63. The normalized spacial score (nSPS) is 15.6. The van der Waals surface area contributed by atoms with Crippen LogP contribution in [0.3, 0.4) is 0 Å². The molecule has 0 heterocycles. The zero-order chi connectivity index (χ0) is 10.3. The first-order valence-corrected chi connectivity index (χ1v) is 4.47. The van der Waals surface area contributed by atoms with E-state index in [2.05, 4.69) is 0 Å². The SMILES string of the molecule is Nc1c(C(F)(F)F)ccc2c1CCC2. The summed E-state index contributed by atoms with van der Waals surface area (Å²) >= 11 is 0. The fraction of sp³-hybridized carbons (Fsp3) is 0.400. The van der Waals surface area contributed by atoms with Crippen molar-refractivity contribution in [3.8, 4) is 0 Å². The second-order valence-electron chi connectivity index (χ2n) is 3.52. The van der Waals surface area contributed by atoms with E-state index < -0.39 is 11.7 Å². The standard InChI is InChI=1S/C10H10F3N/c11-10(12,13)8-5-4-6-2-1-3-7(6)9(8)14/h4-5H,1-3,14H2. The van der Waals surface area contributed by atoms with Crippen molar-refractivity contribution in [3.63, 3.8) is 0 Å². The molecular weight excluding hydrogens is 191 g/mol. The molecule has 1 aliphatic rings. The summed E-state index contributed by atoms with van der Waals surface area (Å²) in [5.74, 6) is 0. The van der Waals surface area contributed by atoms with Crippen LogP contribution in [-0.2, 0) is 19.0 Å². The number of hydrogen-bond acceptors (Lipinski definition) is 1. The molecule has 1 aromatic carbocycles. The van der Waals surface area contributed by atoms with Crippen molar-refractivity contribution >= 4 is 5.69 Å². The molecule has 0 fully saturated rings. The highest BCUT2D eigenvalue weighted by Gasteiger charge is 2.34. The van der Waals surface area contributed by atoms with Gasteiger partial charge in [0.15, 0.2) is 0 Å². The summed E-state index contributed by atoms with van der Waals surface area (Å²) in [6.45, 7) is 0. The van der Waals surface area contributed by atoms with E-state index >= 15 is 0 Å². The van der Waals surface area contributed by atoms with E-state index in [1.807, 2.05) is 0 Å². The Labute approximate surface area is 79.7 Å². The van der Waals surface area contributed by atoms with Crippen LogP contribution in [0.25, 0.3) is 0 Å². The predicted molar refractivity (Wildman–Crippen MR) is 47.9 cm³/mol. The lowest BCUT2D eigenvalue weighted by Gasteiger charge is -2.13. The molecule has 0 aliphatic heterocycles. The van der Waals surface area contributed by atoms with Gasteiger partial charge in [0.05, 0.1) is 5.56 Å². The summed E-state index contributed by atoms with van der Waals surface area (Å²) in [6.07, 6.45) is -1.91. The number of nitrogen functional groups attached to an aromatic ring is 1. The van der Waals surface area contributed by atoms with Gasteiger partial charge in [0, 0.05) is 5.69 Å². The highest BCUT2D eigenvalue weighted by Crippen LogP contribution is 2.38. The molecule has 0 bridgehead atoms. The first-order valence-electron chi connectivity index (χ1n) is 4.47. The fourth-order valence-electron chi connectivity index (χ4n) is 1.94. The Kier molecular flexibility index (Phi) is 1.94. The molecule has 2 rings (SSSR count). The predicted octanol–water partition coefficient (Wildman–Crippen LogP) is 2.78. The Balaban J connectivity index is 2.56. The van der Waals surface area contributed by atoms with E-state index in [0.29, 0.717) is 12.0 Å². The minimum atomic E-state index is -4.33. The van der Waals surface area contributed by atoms with Crippen LogP contribution in [0.2, 0.25) is 0 Å². The van der Waals surface area contributed by atoms with Gasteiger partial charge in [0.25, 0.3) is 0 Å². The lowest BCUT2D eigenvalue weighted by atomic mass is 10.0. The average Bonchev–Trinajstić information content (AvgIpc) is 2.50. The van der Waals surface area contributed by atoms with E-state index in [1.54, 1.807) is 6.07 Å². The van der Waals surface area contributed by atoms with Crippen molar-refractivity contribution < 1.29 is 13.2 Å². The summed E-state index contributed by atoms with van der Waals surface area (Å²) in [5, 5.41) is 0. The van der Waals surface area contributed by atoms with Crippen LogP contribution in [0.4, 0.5) is 18.9 Å². The number of alkyl halides is 3. The molecule has 14 heavy (non-hydrogen) atoms. The molecular formula is C10H10F3N. The third-order valence-electron chi connectivity index (χ3n) is 2.63. The van der Waals surface area contributed by atoms with Gasteiger partial charge in [-0.2, -0.15) is 13.2 Å². The zero-order valence-corrected chi connectivity index (χ0v) is 7.49. The van der Waals surface area contributed by atoms with Gasteiger partial charge in [0.2, 0.25) is 0 Å². The number of rotatable bonds is 0. The van der Waals surface area contributed by atoms with Crippen LogP contribution in [0.5, 0.6) is 0 Å². The van der Waals surface area contributed by atoms with Crippen LogP contribution in [-0.4, -0.2) is 0 Å². The maximum Gasteiger partial charge on any atom is 0.418 e. The van der Waals surface area contributed by atoms with E-state index in [1.165, 1.54) is 0 Å². The van der Waals surface area contributed by atoms with Crippen molar-refractivity contribution in [1.82, 2.24) is 0 Å². The lowest BCUT2D eigenvalue weighted by Crippen LogP contribution is -2.10. The molecule has 0 unspecified atom stereocenters. The first-order chi connectivity index (χ1) is 6.50. The minimum absolute atomic E-state index is 0.0764. The number of nitrogens with two attached hydrogens (primary N) is 1. The molecule has 0 spiro atoms. The molecule has 1 nitrogen and oxygen atoms in total. The quantitative estimate of drug-likeness (QED) is 0.642. The topological polar surface area (TPSA) is 26.0 Å². The van der Waals surface area contributed by atoms with Gasteiger partial charge >= 0.3 is 6.18 Å². The zero-order valence-electron chi connectivity index (χ0n) is 7.49. The number of aryl methyl sites for hydroxylation is 1. The molecule has 2 N–H and O–H groups in total. The van der Waals surface area contributed by atoms with Crippen molar-refractivity contribution in [3.05, 3.63) is 28.8 Å². The summed E-state index contributed by atoms with van der Waals surface area (Å²) in [5.41, 5.74) is 6.39. The molecule has 0 atom stereocenters. The van der Waals surface area contributed by atoms with Crippen LogP contribution in [0.15, 0.2) is 12.1 Å².